The van der Waals surface area contributed by atoms with E-state index in [0.29, 0.717) is 5.56 Å². The molecule has 0 spiro atoms. The fourth-order valence-electron chi connectivity index (χ4n) is 2.77. The van der Waals surface area contributed by atoms with Crippen molar-refractivity contribution in [3.63, 3.8) is 0 Å². The molecule has 6 nitrogen and oxygen atoms in total. The van der Waals surface area contributed by atoms with E-state index >= 15 is 0 Å². The van der Waals surface area contributed by atoms with Crippen molar-refractivity contribution in [3.8, 4) is 0 Å². The van der Waals surface area contributed by atoms with Gasteiger partial charge in [0.05, 0.1) is 0 Å². The third-order valence-corrected chi connectivity index (χ3v) is 4.54. The van der Waals surface area contributed by atoms with Crippen molar-refractivity contribution in [1.82, 2.24) is 10.6 Å². The summed E-state index contributed by atoms with van der Waals surface area (Å²) in [6.45, 7) is 5.05. The summed E-state index contributed by atoms with van der Waals surface area (Å²) in [6.07, 6.45) is 0. The van der Waals surface area contributed by atoms with E-state index in [2.05, 4.69) is 10.6 Å². The topological polar surface area (TPSA) is 95.5 Å². The predicted octanol–water partition coefficient (Wildman–Crippen LogP) is 2.35. The van der Waals surface area contributed by atoms with Crippen LogP contribution in [0.25, 0.3) is 0 Å². The summed E-state index contributed by atoms with van der Waals surface area (Å²) in [6, 6.07) is 15.8. The Labute approximate surface area is 158 Å². The molecular weight excluding hydrogens is 344 g/mol. The minimum atomic E-state index is -1.14. The first-order valence-corrected chi connectivity index (χ1v) is 8.68. The molecule has 0 aliphatic carbocycles. The summed E-state index contributed by atoms with van der Waals surface area (Å²) < 4.78 is 0. The number of carbonyl (C=O) groups excluding carboxylic acids is 2. The van der Waals surface area contributed by atoms with Crippen LogP contribution in [0.3, 0.4) is 0 Å². The van der Waals surface area contributed by atoms with Gasteiger partial charge in [-0.05, 0) is 24.6 Å². The molecule has 0 heterocycles. The van der Waals surface area contributed by atoms with Crippen molar-refractivity contribution in [2.75, 3.05) is 0 Å². The van der Waals surface area contributed by atoms with Crippen LogP contribution in [0.1, 0.15) is 36.7 Å². The van der Waals surface area contributed by atoms with Crippen LogP contribution in [0.15, 0.2) is 60.7 Å². The number of hydrogen-bond donors (Lipinski definition) is 3. The minimum absolute atomic E-state index is 0.400. The molecule has 0 aliphatic rings. The maximum Gasteiger partial charge on any atom is 0.325 e. The number of benzene rings is 2. The summed E-state index contributed by atoms with van der Waals surface area (Å²) in [5.74, 6) is -2.10. The standard InChI is InChI=1S/C21H24N2O4/c1-14(20(26)27)22-19(25)17(21(2,3)16-12-8-5-9-13-16)23-18(24)15-10-6-4-7-11-15/h4-14,17H,1-3H3,(H,22,25)(H,23,24)(H,26,27)/t14-,17+/m0/s1. The Bertz CT molecular complexity index is 803. The molecule has 142 valence electrons. The smallest absolute Gasteiger partial charge is 0.325 e. The Balaban J connectivity index is 2.34. The Hall–Kier alpha value is -3.15. The van der Waals surface area contributed by atoms with Gasteiger partial charge in [-0.15, -0.1) is 0 Å². The molecule has 2 atom stereocenters. The third kappa shape index (κ3) is 4.94. The Kier molecular flexibility index (Phi) is 6.34. The molecular formula is C21H24N2O4. The monoisotopic (exact) mass is 368 g/mol. The van der Waals surface area contributed by atoms with Crippen LogP contribution in [0, 0.1) is 0 Å². The molecule has 27 heavy (non-hydrogen) atoms. The average Bonchev–Trinajstić information content (AvgIpc) is 2.66. The number of amides is 2. The quantitative estimate of drug-likeness (QED) is 0.699. The first kappa shape index (κ1) is 20.2. The maximum absolute atomic E-state index is 12.9. The SMILES string of the molecule is C[C@H](NC(=O)[C@@H](NC(=O)c1ccccc1)C(C)(C)c1ccccc1)C(=O)O. The molecule has 2 aromatic carbocycles. The number of aliphatic carboxylic acids is 1. The van der Waals surface area contributed by atoms with Gasteiger partial charge in [0, 0.05) is 11.0 Å². The third-order valence-electron chi connectivity index (χ3n) is 4.54. The lowest BCUT2D eigenvalue weighted by Gasteiger charge is -2.35. The van der Waals surface area contributed by atoms with Crippen molar-refractivity contribution < 1.29 is 19.5 Å². The number of hydrogen-bond acceptors (Lipinski definition) is 3. The van der Waals surface area contributed by atoms with Crippen molar-refractivity contribution in [1.29, 1.82) is 0 Å². The van der Waals surface area contributed by atoms with Crippen LogP contribution in [0.4, 0.5) is 0 Å². The van der Waals surface area contributed by atoms with E-state index in [4.69, 9.17) is 5.11 Å². The van der Waals surface area contributed by atoms with Gasteiger partial charge in [0.2, 0.25) is 5.91 Å². The lowest BCUT2D eigenvalue weighted by molar-refractivity contribution is -0.141. The van der Waals surface area contributed by atoms with Gasteiger partial charge < -0.3 is 15.7 Å². The van der Waals surface area contributed by atoms with E-state index in [9.17, 15) is 14.4 Å². The second-order valence-corrected chi connectivity index (χ2v) is 6.93. The molecule has 0 aromatic heterocycles. The van der Waals surface area contributed by atoms with Crippen molar-refractivity contribution >= 4 is 17.8 Å². The van der Waals surface area contributed by atoms with E-state index in [1.54, 1.807) is 30.3 Å². The minimum Gasteiger partial charge on any atom is -0.480 e. The Morgan fingerprint density at radius 1 is 0.889 bits per heavy atom. The molecule has 2 aromatic rings. The molecule has 6 heteroatoms. The van der Waals surface area contributed by atoms with E-state index in [0.717, 1.165) is 5.56 Å². The normalized spacial score (nSPS) is 13.3. The highest BCUT2D eigenvalue weighted by atomic mass is 16.4. The maximum atomic E-state index is 12.9. The highest BCUT2D eigenvalue weighted by Crippen LogP contribution is 2.27. The van der Waals surface area contributed by atoms with Crippen LogP contribution in [-0.2, 0) is 15.0 Å². The van der Waals surface area contributed by atoms with E-state index < -0.39 is 35.3 Å². The van der Waals surface area contributed by atoms with Gasteiger partial charge in [-0.1, -0.05) is 62.4 Å². The van der Waals surface area contributed by atoms with Crippen LogP contribution >= 0.6 is 0 Å². The molecule has 0 radical (unpaired) electrons. The highest BCUT2D eigenvalue weighted by Gasteiger charge is 2.38. The Morgan fingerprint density at radius 2 is 1.41 bits per heavy atom. The molecule has 0 bridgehead atoms. The van der Waals surface area contributed by atoms with Gasteiger partial charge in [0.15, 0.2) is 0 Å². The van der Waals surface area contributed by atoms with Gasteiger partial charge >= 0.3 is 5.97 Å². The van der Waals surface area contributed by atoms with Crippen LogP contribution in [0.2, 0.25) is 0 Å². The van der Waals surface area contributed by atoms with Crippen LogP contribution < -0.4 is 10.6 Å². The van der Waals surface area contributed by atoms with Gasteiger partial charge in [0.25, 0.3) is 5.91 Å². The number of carboxylic acids is 1. The lowest BCUT2D eigenvalue weighted by Crippen LogP contribution is -2.58. The highest BCUT2D eigenvalue weighted by molar-refractivity contribution is 5.98. The zero-order chi connectivity index (χ0) is 20.0. The van der Waals surface area contributed by atoms with E-state index in [1.165, 1.54) is 6.92 Å². The van der Waals surface area contributed by atoms with Gasteiger partial charge in [-0.2, -0.15) is 0 Å². The summed E-state index contributed by atoms with van der Waals surface area (Å²) in [7, 11) is 0. The fourth-order valence-corrected chi connectivity index (χ4v) is 2.77. The summed E-state index contributed by atoms with van der Waals surface area (Å²) in [5, 5.41) is 14.3. The summed E-state index contributed by atoms with van der Waals surface area (Å²) >= 11 is 0. The van der Waals surface area contributed by atoms with Crippen molar-refractivity contribution in [2.45, 2.75) is 38.3 Å². The van der Waals surface area contributed by atoms with Crippen molar-refractivity contribution in [2.24, 2.45) is 0 Å². The molecule has 0 aliphatic heterocycles. The van der Waals surface area contributed by atoms with Gasteiger partial charge in [0.1, 0.15) is 12.1 Å². The Morgan fingerprint density at radius 3 is 1.93 bits per heavy atom. The fraction of sp³-hybridized carbons (Fsp3) is 0.286. The summed E-state index contributed by atoms with van der Waals surface area (Å²) in [5.41, 5.74) is 0.500. The first-order chi connectivity index (χ1) is 12.7. The largest absolute Gasteiger partial charge is 0.480 e. The molecule has 0 saturated heterocycles. The predicted molar refractivity (Wildman–Crippen MR) is 102 cm³/mol. The molecule has 3 N–H and O–H groups in total. The molecule has 0 fully saturated rings. The zero-order valence-electron chi connectivity index (χ0n) is 15.6. The molecule has 0 unspecified atom stereocenters. The number of carbonyl (C=O) groups is 3. The number of nitrogens with one attached hydrogen (secondary N) is 2. The van der Waals surface area contributed by atoms with Crippen LogP contribution in [-0.4, -0.2) is 35.0 Å². The number of carboxylic acid groups (broad SMARTS) is 1. The second kappa shape index (κ2) is 8.49. The van der Waals surface area contributed by atoms with Crippen molar-refractivity contribution in [3.05, 3.63) is 71.8 Å². The average molecular weight is 368 g/mol. The molecule has 2 rings (SSSR count). The van der Waals surface area contributed by atoms with E-state index in [-0.39, 0.29) is 0 Å². The van der Waals surface area contributed by atoms with Gasteiger partial charge in [-0.3, -0.25) is 14.4 Å². The second-order valence-electron chi connectivity index (χ2n) is 6.93. The van der Waals surface area contributed by atoms with Gasteiger partial charge in [-0.25, -0.2) is 0 Å². The number of rotatable bonds is 7. The molecule has 2 amide bonds. The first-order valence-electron chi connectivity index (χ1n) is 8.68. The summed E-state index contributed by atoms with van der Waals surface area (Å²) in [4.78, 5) is 36.6. The molecule has 0 saturated carbocycles. The zero-order valence-corrected chi connectivity index (χ0v) is 15.6. The van der Waals surface area contributed by atoms with E-state index in [1.807, 2.05) is 44.2 Å². The van der Waals surface area contributed by atoms with Crippen LogP contribution in [0.5, 0.6) is 0 Å². The lowest BCUT2D eigenvalue weighted by atomic mass is 9.77.